The highest BCUT2D eigenvalue weighted by Crippen LogP contribution is 2.38. The molecule has 0 aromatic carbocycles. The minimum atomic E-state index is -2.41. The van der Waals surface area contributed by atoms with Crippen LogP contribution in [0, 0.1) is 35.5 Å². The molecule has 0 spiro atoms. The van der Waals surface area contributed by atoms with Gasteiger partial charge in [0.15, 0.2) is 5.78 Å². The number of cyclic esters (lactones) is 1. The fraction of sp³-hybridized carbons (Fsp3) is 0.755. The number of nitrogens with zero attached hydrogens (tertiary/aromatic N) is 1. The van der Waals surface area contributed by atoms with Crippen molar-refractivity contribution in [3.63, 3.8) is 0 Å². The second kappa shape index (κ2) is 26.4. The van der Waals surface area contributed by atoms with Gasteiger partial charge in [0.25, 0.3) is 11.7 Å². The number of aliphatic hydroxyl groups is 2. The van der Waals surface area contributed by atoms with E-state index in [1.54, 1.807) is 34.0 Å². The molecule has 1 saturated carbocycles. The smallest absolute Gasteiger partial charge is 0.329 e. The van der Waals surface area contributed by atoms with Gasteiger partial charge in [0.1, 0.15) is 30.1 Å². The van der Waals surface area contributed by atoms with E-state index < -0.39 is 77.8 Å². The van der Waals surface area contributed by atoms with Gasteiger partial charge in [0, 0.05) is 58.0 Å². The first-order valence-corrected chi connectivity index (χ1v) is 24.9. The molecule has 1 amide bonds. The number of carbonyl (C=O) groups is 5. The molecule has 4 rings (SSSR count). The number of ether oxygens (including phenoxy) is 5. The summed E-state index contributed by atoms with van der Waals surface area (Å²) in [5, 5.41) is 23.4. The first-order chi connectivity index (χ1) is 31.3. The third kappa shape index (κ3) is 15.1. The van der Waals surface area contributed by atoms with Crippen molar-refractivity contribution < 1.29 is 57.9 Å². The fourth-order valence-corrected chi connectivity index (χ4v) is 10.3. The largest absolute Gasteiger partial charge is 0.460 e. The van der Waals surface area contributed by atoms with E-state index in [4.69, 9.17) is 23.7 Å². The maximum atomic E-state index is 14.4. The number of hydrogen-bond donors (Lipinski definition) is 2. The monoisotopic (exact) mass is 926 g/mol. The molecule has 372 valence electrons. The second-order valence-electron chi connectivity index (χ2n) is 20.1. The molecule has 1 aliphatic carbocycles. The number of hydrogen-bond acceptors (Lipinski definition) is 12. The van der Waals surface area contributed by atoms with Crippen molar-refractivity contribution >= 4 is 29.2 Å². The van der Waals surface area contributed by atoms with Crippen LogP contribution in [0.3, 0.4) is 0 Å². The number of amides is 1. The summed E-state index contributed by atoms with van der Waals surface area (Å²) in [5.41, 5.74) is 1.30. The molecule has 2 bridgehead atoms. The van der Waals surface area contributed by atoms with Gasteiger partial charge < -0.3 is 38.8 Å². The van der Waals surface area contributed by atoms with Crippen LogP contribution < -0.4 is 0 Å². The number of allylic oxidation sites excluding steroid dienone is 6. The van der Waals surface area contributed by atoms with Crippen LogP contribution in [0.1, 0.15) is 145 Å². The number of aliphatic hydroxyl groups excluding tert-OH is 1. The maximum Gasteiger partial charge on any atom is 0.329 e. The molecule has 3 aliphatic heterocycles. The Bertz CT molecular complexity index is 1750. The lowest BCUT2D eigenvalue weighted by atomic mass is 9.79. The molecule has 1 unspecified atom stereocenters. The van der Waals surface area contributed by atoms with E-state index in [-0.39, 0.29) is 48.9 Å². The molecule has 14 atom stereocenters. The fourth-order valence-electron chi connectivity index (χ4n) is 10.3. The number of esters is 1. The molecule has 0 radical (unpaired) electrons. The van der Waals surface area contributed by atoms with Crippen LogP contribution in [0.25, 0.3) is 0 Å². The van der Waals surface area contributed by atoms with E-state index in [2.05, 4.69) is 6.92 Å². The van der Waals surface area contributed by atoms with E-state index in [9.17, 15) is 34.2 Å². The zero-order valence-electron chi connectivity index (χ0n) is 41.7. The molecular weight excluding hydrogens is 843 g/mol. The zero-order chi connectivity index (χ0) is 48.7. The minimum Gasteiger partial charge on any atom is -0.460 e. The Morgan fingerprint density at radius 1 is 0.879 bits per heavy atom. The normalized spacial score (nSPS) is 38.8. The van der Waals surface area contributed by atoms with E-state index in [1.165, 1.54) is 12.0 Å². The van der Waals surface area contributed by atoms with Gasteiger partial charge in [0.2, 0.25) is 5.79 Å². The van der Waals surface area contributed by atoms with E-state index in [0.717, 1.165) is 37.7 Å². The Labute approximate surface area is 395 Å². The Kier molecular flexibility index (Phi) is 22.1. The SMILES string of the molecule is CCCO[C@H]1CCCC(C[C@@H](C)[C@@H]2CC(=O)[C@H](C)/C=C(\C)[C@@H](O)[C@@H](OC)C(=O)[C@H](C)C[C@H](C)/C=C/C=C/C=C(\C)[C@@H](OC)C[C@@H]3CC[C@@H](C)[C@@](O)(O3)C(=O)C(=O)N3CCCC[C@H]3C(=O)O2)C1. The third-order valence-electron chi connectivity index (χ3n) is 14.6. The highest BCUT2D eigenvalue weighted by molar-refractivity contribution is 6.39. The summed E-state index contributed by atoms with van der Waals surface area (Å²) < 4.78 is 30.1. The molecular formula is C53H83NO12. The summed E-state index contributed by atoms with van der Waals surface area (Å²) in [5.74, 6) is -7.43. The first-order valence-electron chi connectivity index (χ1n) is 24.9. The lowest BCUT2D eigenvalue weighted by Gasteiger charge is -2.42. The molecule has 13 nitrogen and oxygen atoms in total. The lowest BCUT2D eigenvalue weighted by Crippen LogP contribution is -2.61. The van der Waals surface area contributed by atoms with Crippen LogP contribution in [0.2, 0.25) is 0 Å². The van der Waals surface area contributed by atoms with Gasteiger partial charge >= 0.3 is 5.97 Å². The molecule has 2 saturated heterocycles. The van der Waals surface area contributed by atoms with E-state index >= 15 is 0 Å². The predicted octanol–water partition coefficient (Wildman–Crippen LogP) is 7.99. The number of piperidine rings is 1. The number of carbonyl (C=O) groups excluding carboxylic acids is 5. The second-order valence-corrected chi connectivity index (χ2v) is 20.1. The summed E-state index contributed by atoms with van der Waals surface area (Å²) in [6.07, 6.45) is 15.7. The summed E-state index contributed by atoms with van der Waals surface area (Å²) in [4.78, 5) is 72.0. The van der Waals surface area contributed by atoms with Crippen LogP contribution in [0.4, 0.5) is 0 Å². The van der Waals surface area contributed by atoms with Crippen LogP contribution in [0.5, 0.6) is 0 Å². The first kappa shape index (κ1) is 55.3. The van der Waals surface area contributed by atoms with Crippen LogP contribution >= 0.6 is 0 Å². The quantitative estimate of drug-likeness (QED) is 0.137. The zero-order valence-corrected chi connectivity index (χ0v) is 41.7. The van der Waals surface area contributed by atoms with Gasteiger partial charge in [-0.1, -0.05) is 90.8 Å². The highest BCUT2D eigenvalue weighted by atomic mass is 16.6. The maximum absolute atomic E-state index is 14.4. The molecule has 3 fully saturated rings. The third-order valence-corrected chi connectivity index (χ3v) is 14.6. The van der Waals surface area contributed by atoms with Crippen LogP contribution in [-0.4, -0.2) is 120 Å². The van der Waals surface area contributed by atoms with Crippen molar-refractivity contribution in [3.8, 4) is 0 Å². The Balaban J connectivity index is 1.69. The molecule has 2 N–H and O–H groups in total. The van der Waals surface area contributed by atoms with Gasteiger partial charge in [-0.2, -0.15) is 0 Å². The topological polar surface area (TPSA) is 175 Å². The van der Waals surface area contributed by atoms with Gasteiger partial charge in [-0.3, -0.25) is 19.2 Å². The summed E-state index contributed by atoms with van der Waals surface area (Å²) in [6, 6.07) is -1.10. The molecule has 4 aliphatic rings. The summed E-state index contributed by atoms with van der Waals surface area (Å²) in [6.45, 7) is 15.7. The standard InChI is InChI=1S/C53H83NO12/c1-11-26-64-41-21-17-20-40(30-41)29-36(5)46-32-44(55)35(4)28-38(7)48(57)49(63-10)47(56)37(6)27-33(2)18-13-12-14-19-34(3)45(62-9)31-42-24-23-39(8)53(61,66-42)50(58)51(59)54-25-16-15-22-43(54)52(60)65-46/h12-14,18-19,28,33,35-37,39-43,45-46,48-49,57,61H,11,15-17,20-27,29-32H2,1-10H3/b14-12+,18-13+,34-19+,38-28+/t33-,35-,36-,37-,39-,40?,41+,42+,43+,45+,46+,48-,49+,53-/m1/s1. The van der Waals surface area contributed by atoms with Gasteiger partial charge in [-0.15, -0.1) is 0 Å². The van der Waals surface area contributed by atoms with Crippen molar-refractivity contribution in [2.45, 2.75) is 194 Å². The van der Waals surface area contributed by atoms with Gasteiger partial charge in [0.05, 0.1) is 18.3 Å². The number of fused-ring (bicyclic) bond motifs is 3. The minimum absolute atomic E-state index is 0.0312. The summed E-state index contributed by atoms with van der Waals surface area (Å²) in [7, 11) is 2.98. The Morgan fingerprint density at radius 3 is 2.32 bits per heavy atom. The van der Waals surface area contributed by atoms with Crippen molar-refractivity contribution in [1.82, 2.24) is 4.90 Å². The lowest BCUT2D eigenvalue weighted by molar-refractivity contribution is -0.265. The number of Topliss-reactive ketones (excluding diaryl/α,β-unsaturated/α-hetero) is 3. The molecule has 66 heavy (non-hydrogen) atoms. The van der Waals surface area contributed by atoms with Gasteiger partial charge in [-0.25, -0.2) is 4.79 Å². The van der Waals surface area contributed by atoms with Crippen LogP contribution in [-0.2, 0) is 47.7 Å². The molecule has 0 aromatic heterocycles. The predicted molar refractivity (Wildman–Crippen MR) is 253 cm³/mol. The average Bonchev–Trinajstić information content (AvgIpc) is 3.29. The van der Waals surface area contributed by atoms with Gasteiger partial charge in [-0.05, 0) is 107 Å². The number of rotatable bonds is 8. The Hall–Kier alpha value is -3.33. The number of methoxy groups -OCH3 is 2. The van der Waals surface area contributed by atoms with E-state index in [1.807, 2.05) is 58.1 Å². The van der Waals surface area contributed by atoms with Crippen molar-refractivity contribution in [2.75, 3.05) is 27.4 Å². The number of ketones is 3. The van der Waals surface area contributed by atoms with E-state index in [0.29, 0.717) is 63.0 Å². The van der Waals surface area contributed by atoms with Crippen molar-refractivity contribution in [3.05, 3.63) is 47.6 Å². The molecule has 13 heteroatoms. The van der Waals surface area contributed by atoms with Crippen molar-refractivity contribution in [1.29, 1.82) is 0 Å². The Morgan fingerprint density at radius 2 is 1.62 bits per heavy atom. The molecule has 3 heterocycles. The van der Waals surface area contributed by atoms with Crippen molar-refractivity contribution in [2.24, 2.45) is 35.5 Å². The molecule has 0 aromatic rings. The van der Waals surface area contributed by atoms with Crippen LogP contribution in [0.15, 0.2) is 47.6 Å². The average molecular weight is 926 g/mol. The highest BCUT2D eigenvalue weighted by Gasteiger charge is 2.53. The summed E-state index contributed by atoms with van der Waals surface area (Å²) >= 11 is 0.